The van der Waals surface area contributed by atoms with Crippen LogP contribution in [-0.4, -0.2) is 19.0 Å². The molecule has 74 valence electrons. The highest BCUT2D eigenvalue weighted by atomic mass is 16.5. The van der Waals surface area contributed by atoms with E-state index in [-0.39, 0.29) is 0 Å². The first-order valence-electron chi connectivity index (χ1n) is 5.14. The minimum Gasteiger partial charge on any atom is -0.377 e. The van der Waals surface area contributed by atoms with Gasteiger partial charge in [-0.15, -0.1) is 0 Å². The van der Waals surface area contributed by atoms with Gasteiger partial charge in [0.25, 0.3) is 0 Å². The topological polar surface area (TPSA) is 26.3 Å². The highest BCUT2D eigenvalue weighted by Gasteiger charge is 2.15. The summed E-state index contributed by atoms with van der Waals surface area (Å²) >= 11 is 0. The number of ether oxygens (including phenoxy) is 1. The molecule has 0 radical (unpaired) electrons. The first-order chi connectivity index (χ1) is 6.34. The quantitative estimate of drug-likeness (QED) is 0.482. The molecule has 0 heterocycles. The molecule has 0 aromatic carbocycles. The second kappa shape index (κ2) is 5.92. The van der Waals surface area contributed by atoms with Gasteiger partial charge >= 0.3 is 0 Å². The fourth-order valence-electron chi connectivity index (χ4n) is 1.44. The van der Waals surface area contributed by atoms with Crippen molar-refractivity contribution < 1.29 is 9.53 Å². The highest BCUT2D eigenvalue weighted by Crippen LogP contribution is 2.19. The lowest BCUT2D eigenvalue weighted by atomic mass is 10.2. The number of hydrogen-bond donors (Lipinski definition) is 0. The van der Waals surface area contributed by atoms with Gasteiger partial charge in [-0.25, -0.2) is 0 Å². The van der Waals surface area contributed by atoms with Gasteiger partial charge in [-0.05, 0) is 24.8 Å². The average Bonchev–Trinajstić information content (AvgIpc) is 2.52. The second-order valence-corrected chi connectivity index (χ2v) is 3.43. The standard InChI is InChI=1S/C11H18O2/c1-2-3-8-13-9-7-10-5-4-6-11(10)12/h7H,2-6,8-9H2,1H3/b10-7+. The number of unbranched alkanes of at least 4 members (excludes halogenated alkanes) is 1. The zero-order valence-electron chi connectivity index (χ0n) is 8.34. The molecule has 0 amide bonds. The summed E-state index contributed by atoms with van der Waals surface area (Å²) in [4.78, 5) is 11.2. The van der Waals surface area contributed by atoms with Crippen LogP contribution in [0.15, 0.2) is 11.6 Å². The third kappa shape index (κ3) is 3.73. The average molecular weight is 182 g/mol. The maximum absolute atomic E-state index is 11.2. The largest absolute Gasteiger partial charge is 0.377 e. The summed E-state index contributed by atoms with van der Waals surface area (Å²) in [5, 5.41) is 0. The zero-order chi connectivity index (χ0) is 9.52. The lowest BCUT2D eigenvalue weighted by molar-refractivity contribution is -0.114. The van der Waals surface area contributed by atoms with Crippen molar-refractivity contribution in [2.75, 3.05) is 13.2 Å². The summed E-state index contributed by atoms with van der Waals surface area (Å²) in [5.74, 6) is 0.319. The number of carbonyl (C=O) groups is 1. The molecule has 0 atom stereocenters. The van der Waals surface area contributed by atoms with E-state index in [0.717, 1.165) is 44.3 Å². The van der Waals surface area contributed by atoms with Gasteiger partial charge in [-0.2, -0.15) is 0 Å². The molecule has 2 nitrogen and oxygen atoms in total. The van der Waals surface area contributed by atoms with Crippen LogP contribution < -0.4 is 0 Å². The Labute approximate surface area is 80.0 Å². The molecule has 0 aromatic heterocycles. The number of hydrogen-bond acceptors (Lipinski definition) is 2. The summed E-state index contributed by atoms with van der Waals surface area (Å²) in [6.07, 6.45) is 6.94. The van der Waals surface area contributed by atoms with E-state index in [0.29, 0.717) is 12.4 Å². The Morgan fingerprint density at radius 2 is 2.31 bits per heavy atom. The van der Waals surface area contributed by atoms with Gasteiger partial charge in [0.15, 0.2) is 5.78 Å². The molecular formula is C11H18O2. The molecule has 1 aliphatic carbocycles. The molecule has 1 saturated carbocycles. The van der Waals surface area contributed by atoms with Crippen molar-refractivity contribution in [2.24, 2.45) is 0 Å². The van der Waals surface area contributed by atoms with Gasteiger partial charge in [0.1, 0.15) is 0 Å². The number of Topliss-reactive ketones (excluding diaryl/α,β-unsaturated/α-hetero) is 1. The Balaban J connectivity index is 2.12. The van der Waals surface area contributed by atoms with Gasteiger partial charge < -0.3 is 4.74 Å². The number of allylic oxidation sites excluding steroid dienone is 1. The van der Waals surface area contributed by atoms with Crippen molar-refractivity contribution in [3.05, 3.63) is 11.6 Å². The molecule has 0 saturated heterocycles. The van der Waals surface area contributed by atoms with E-state index in [9.17, 15) is 4.79 Å². The predicted octanol–water partition coefficient (Wildman–Crippen LogP) is 2.48. The highest BCUT2D eigenvalue weighted by molar-refractivity contribution is 5.97. The summed E-state index contributed by atoms with van der Waals surface area (Å²) in [7, 11) is 0. The predicted molar refractivity (Wildman–Crippen MR) is 52.7 cm³/mol. The first kappa shape index (κ1) is 10.5. The van der Waals surface area contributed by atoms with E-state index in [4.69, 9.17) is 4.74 Å². The van der Waals surface area contributed by atoms with E-state index in [1.54, 1.807) is 0 Å². The van der Waals surface area contributed by atoms with E-state index in [1.807, 2.05) is 6.08 Å². The van der Waals surface area contributed by atoms with E-state index in [2.05, 4.69) is 6.92 Å². The minimum atomic E-state index is 0.319. The fourth-order valence-corrected chi connectivity index (χ4v) is 1.44. The Hall–Kier alpha value is -0.630. The van der Waals surface area contributed by atoms with Crippen molar-refractivity contribution in [2.45, 2.75) is 39.0 Å². The van der Waals surface area contributed by atoms with Crippen LogP contribution in [0.4, 0.5) is 0 Å². The van der Waals surface area contributed by atoms with Crippen LogP contribution in [0.25, 0.3) is 0 Å². The molecule has 1 rings (SSSR count). The van der Waals surface area contributed by atoms with Gasteiger partial charge in [0.2, 0.25) is 0 Å². The molecule has 0 spiro atoms. The summed E-state index contributed by atoms with van der Waals surface area (Å²) in [6, 6.07) is 0. The Morgan fingerprint density at radius 3 is 2.92 bits per heavy atom. The summed E-state index contributed by atoms with van der Waals surface area (Å²) in [5.41, 5.74) is 0.983. The lowest BCUT2D eigenvalue weighted by Crippen LogP contribution is -1.97. The minimum absolute atomic E-state index is 0.319. The van der Waals surface area contributed by atoms with Crippen molar-refractivity contribution in [3.63, 3.8) is 0 Å². The van der Waals surface area contributed by atoms with E-state index in [1.165, 1.54) is 0 Å². The van der Waals surface area contributed by atoms with Crippen LogP contribution in [0.2, 0.25) is 0 Å². The van der Waals surface area contributed by atoms with Crippen LogP contribution in [0.3, 0.4) is 0 Å². The Bertz CT molecular complexity index is 194. The normalized spacial score (nSPS) is 20.1. The van der Waals surface area contributed by atoms with Crippen LogP contribution in [0.1, 0.15) is 39.0 Å². The van der Waals surface area contributed by atoms with Crippen LogP contribution in [-0.2, 0) is 9.53 Å². The molecule has 13 heavy (non-hydrogen) atoms. The molecule has 1 fully saturated rings. The Kier molecular flexibility index (Phi) is 4.76. The second-order valence-electron chi connectivity index (χ2n) is 3.43. The van der Waals surface area contributed by atoms with Crippen molar-refractivity contribution in [1.82, 2.24) is 0 Å². The van der Waals surface area contributed by atoms with E-state index < -0.39 is 0 Å². The third-order valence-electron chi connectivity index (χ3n) is 2.30. The number of carbonyl (C=O) groups excluding carboxylic acids is 1. The maximum atomic E-state index is 11.2. The molecule has 0 unspecified atom stereocenters. The molecule has 0 aliphatic heterocycles. The molecule has 0 N–H and O–H groups in total. The zero-order valence-corrected chi connectivity index (χ0v) is 8.34. The monoisotopic (exact) mass is 182 g/mol. The fraction of sp³-hybridized carbons (Fsp3) is 0.727. The maximum Gasteiger partial charge on any atom is 0.158 e. The smallest absolute Gasteiger partial charge is 0.158 e. The van der Waals surface area contributed by atoms with Crippen molar-refractivity contribution in [3.8, 4) is 0 Å². The van der Waals surface area contributed by atoms with Crippen LogP contribution in [0, 0.1) is 0 Å². The SMILES string of the molecule is CCCCOC/C=C1\CCCC1=O. The number of rotatable bonds is 5. The third-order valence-corrected chi connectivity index (χ3v) is 2.30. The van der Waals surface area contributed by atoms with Gasteiger partial charge in [-0.3, -0.25) is 4.79 Å². The van der Waals surface area contributed by atoms with Crippen LogP contribution in [0.5, 0.6) is 0 Å². The molecule has 0 bridgehead atoms. The first-order valence-corrected chi connectivity index (χ1v) is 5.14. The van der Waals surface area contributed by atoms with Crippen molar-refractivity contribution >= 4 is 5.78 Å². The number of ketones is 1. The van der Waals surface area contributed by atoms with Gasteiger partial charge in [0, 0.05) is 13.0 Å². The van der Waals surface area contributed by atoms with Crippen molar-refractivity contribution in [1.29, 1.82) is 0 Å². The van der Waals surface area contributed by atoms with Gasteiger partial charge in [-0.1, -0.05) is 19.4 Å². The molecule has 2 heteroatoms. The Morgan fingerprint density at radius 1 is 1.46 bits per heavy atom. The van der Waals surface area contributed by atoms with Gasteiger partial charge in [0.05, 0.1) is 6.61 Å². The molecule has 1 aliphatic rings. The van der Waals surface area contributed by atoms with E-state index >= 15 is 0 Å². The molecular weight excluding hydrogens is 164 g/mol. The molecule has 0 aromatic rings. The lowest BCUT2D eigenvalue weighted by Gasteiger charge is -1.99. The summed E-state index contributed by atoms with van der Waals surface area (Å²) < 4.78 is 5.36. The summed E-state index contributed by atoms with van der Waals surface area (Å²) in [6.45, 7) is 3.57. The van der Waals surface area contributed by atoms with Crippen LogP contribution >= 0.6 is 0 Å².